The van der Waals surface area contributed by atoms with Crippen LogP contribution in [0.5, 0.6) is 11.6 Å². The second-order valence-corrected chi connectivity index (χ2v) is 11.5. The molecule has 2 aliphatic rings. The lowest BCUT2D eigenvalue weighted by Crippen LogP contribution is -2.71. The number of amides is 3. The summed E-state index contributed by atoms with van der Waals surface area (Å²) in [5.74, 6) is -4.80. The molecule has 13 nitrogen and oxygen atoms in total. The van der Waals surface area contributed by atoms with Crippen molar-refractivity contribution in [3.05, 3.63) is 88.6 Å². The number of thioether (sulfide) groups is 1. The smallest absolute Gasteiger partial charge is 0.352 e. The number of aromatic nitrogens is 1. The lowest BCUT2D eigenvalue weighted by Gasteiger charge is -2.49. The topological polar surface area (TPSA) is 195 Å². The van der Waals surface area contributed by atoms with E-state index in [4.69, 9.17) is 4.74 Å². The molecule has 3 amide bonds. The van der Waals surface area contributed by atoms with Crippen molar-refractivity contribution in [3.63, 3.8) is 0 Å². The summed E-state index contributed by atoms with van der Waals surface area (Å²) < 4.78 is 4.94. The molecule has 14 heteroatoms. The van der Waals surface area contributed by atoms with E-state index in [1.165, 1.54) is 49.0 Å². The van der Waals surface area contributed by atoms with Gasteiger partial charge in [-0.1, -0.05) is 42.0 Å². The molecular formula is C31H28N4O9S. The van der Waals surface area contributed by atoms with E-state index in [0.717, 1.165) is 16.0 Å². The molecule has 0 radical (unpaired) electrons. The quantitative estimate of drug-likeness (QED) is 0.171. The van der Waals surface area contributed by atoms with E-state index in [0.29, 0.717) is 5.69 Å². The monoisotopic (exact) mass is 632 g/mol. The Hall–Kier alpha value is -5.37. The molecule has 45 heavy (non-hydrogen) atoms. The lowest BCUT2D eigenvalue weighted by molar-refractivity contribution is -0.151. The molecule has 0 spiro atoms. The summed E-state index contributed by atoms with van der Waals surface area (Å²) in [4.78, 5) is 68.4. The van der Waals surface area contributed by atoms with Crippen molar-refractivity contribution in [1.82, 2.24) is 20.5 Å². The second-order valence-electron chi connectivity index (χ2n) is 10.4. The predicted molar refractivity (Wildman–Crippen MR) is 161 cm³/mol. The normalized spacial score (nSPS) is 17.9. The van der Waals surface area contributed by atoms with Crippen molar-refractivity contribution < 1.29 is 44.0 Å². The van der Waals surface area contributed by atoms with Crippen molar-refractivity contribution >= 4 is 41.4 Å². The first kappa shape index (κ1) is 31.1. The van der Waals surface area contributed by atoms with Crippen molar-refractivity contribution in [1.29, 1.82) is 0 Å². The van der Waals surface area contributed by atoms with Crippen molar-refractivity contribution in [2.75, 3.05) is 12.4 Å². The number of phenolic OH excluding ortho intramolecular Hbond substituents is 1. The van der Waals surface area contributed by atoms with Gasteiger partial charge in [-0.15, -0.1) is 11.8 Å². The fourth-order valence-corrected chi connectivity index (χ4v) is 6.23. The number of carbonyl (C=O) groups is 5. The van der Waals surface area contributed by atoms with Crippen LogP contribution in [-0.4, -0.2) is 78.6 Å². The zero-order valence-electron chi connectivity index (χ0n) is 24.0. The SMILES string of the molecule is CC(=O)OCC1=C(C(=O)O)N2C(=O)C(NC(=O)C(NC(=O)c3ccc(-c4ccc(C)cc4)nc3O)c3ccc(O)cc3)[C@@H]2SC1. The molecule has 5 N–H and O–H groups in total. The second kappa shape index (κ2) is 12.7. The van der Waals surface area contributed by atoms with Crippen molar-refractivity contribution in [3.8, 4) is 22.9 Å². The molecule has 2 unspecified atom stereocenters. The number of aliphatic carboxylic acids is 1. The van der Waals surface area contributed by atoms with Crippen LogP contribution in [0.4, 0.5) is 0 Å². The van der Waals surface area contributed by atoms with E-state index in [2.05, 4.69) is 15.6 Å². The van der Waals surface area contributed by atoms with Crippen LogP contribution < -0.4 is 10.6 Å². The number of nitrogens with one attached hydrogen (secondary N) is 2. The van der Waals surface area contributed by atoms with Crippen molar-refractivity contribution in [2.45, 2.75) is 31.3 Å². The molecule has 0 aliphatic carbocycles. The summed E-state index contributed by atoms with van der Waals surface area (Å²) >= 11 is 1.19. The number of fused-ring (bicyclic) bond motifs is 1. The molecule has 3 heterocycles. The first-order chi connectivity index (χ1) is 21.4. The lowest BCUT2D eigenvalue weighted by atomic mass is 10.0. The van der Waals surface area contributed by atoms with E-state index < -0.39 is 53.0 Å². The standard InChI is InChI=1S/C31H28N4O9S/c1-15-3-5-17(6-4-15)22-12-11-21(26(38)32-22)27(39)33-23(18-7-9-20(37)10-8-18)28(40)34-24-29(41)35-25(31(42)43)19(13-44-16(2)36)14-45-30(24)35/h3-12,23-24,30,37H,13-14H2,1-2H3,(H,32,38)(H,33,39)(H,34,40)(H,42,43)/t23?,24?,30-/m0/s1. The minimum Gasteiger partial charge on any atom is -0.508 e. The molecular weight excluding hydrogens is 604 g/mol. The number of rotatable bonds is 9. The minimum absolute atomic E-state index is 0.0845. The Morgan fingerprint density at radius 2 is 1.73 bits per heavy atom. The maximum absolute atomic E-state index is 13.6. The van der Waals surface area contributed by atoms with Gasteiger partial charge in [-0.05, 0) is 36.8 Å². The highest BCUT2D eigenvalue weighted by Crippen LogP contribution is 2.40. The van der Waals surface area contributed by atoms with Crippen LogP contribution in [0.25, 0.3) is 11.3 Å². The number of ether oxygens (including phenoxy) is 1. The fraction of sp³-hybridized carbons (Fsp3) is 0.226. The van der Waals surface area contributed by atoms with E-state index in [1.807, 2.05) is 31.2 Å². The number of esters is 1. The molecule has 3 aromatic rings. The van der Waals surface area contributed by atoms with Crippen LogP contribution in [0.2, 0.25) is 0 Å². The summed E-state index contributed by atoms with van der Waals surface area (Å²) in [7, 11) is 0. The summed E-state index contributed by atoms with van der Waals surface area (Å²) in [6.07, 6.45) is 0. The maximum Gasteiger partial charge on any atom is 0.352 e. The van der Waals surface area contributed by atoms with E-state index in [-0.39, 0.29) is 40.5 Å². The fourth-order valence-electron chi connectivity index (χ4n) is 4.91. The first-order valence-corrected chi connectivity index (χ1v) is 14.7. The van der Waals surface area contributed by atoms with Gasteiger partial charge >= 0.3 is 11.9 Å². The third kappa shape index (κ3) is 6.45. The Morgan fingerprint density at radius 3 is 2.36 bits per heavy atom. The minimum atomic E-state index is -1.38. The molecule has 232 valence electrons. The van der Waals surface area contributed by atoms with Crippen LogP contribution >= 0.6 is 11.8 Å². The maximum atomic E-state index is 13.6. The van der Waals surface area contributed by atoms with Gasteiger partial charge < -0.3 is 30.7 Å². The Balaban J connectivity index is 1.35. The van der Waals surface area contributed by atoms with Crippen molar-refractivity contribution in [2.24, 2.45) is 0 Å². The Morgan fingerprint density at radius 1 is 1.04 bits per heavy atom. The van der Waals surface area contributed by atoms with Crippen LogP contribution in [-0.2, 0) is 23.9 Å². The zero-order valence-corrected chi connectivity index (χ0v) is 24.8. The molecule has 2 aliphatic heterocycles. The van der Waals surface area contributed by atoms with Gasteiger partial charge in [-0.2, -0.15) is 0 Å². The molecule has 0 saturated carbocycles. The Bertz CT molecular complexity index is 1720. The third-order valence-electron chi connectivity index (χ3n) is 7.23. The Labute approximate surface area is 260 Å². The molecule has 1 fully saturated rings. The van der Waals surface area contributed by atoms with Crippen LogP contribution in [0.3, 0.4) is 0 Å². The van der Waals surface area contributed by atoms with Gasteiger partial charge in [-0.25, -0.2) is 9.78 Å². The number of aromatic hydroxyl groups is 2. The van der Waals surface area contributed by atoms with E-state index in [1.54, 1.807) is 6.07 Å². The highest BCUT2D eigenvalue weighted by molar-refractivity contribution is 8.00. The Kier molecular flexibility index (Phi) is 8.77. The van der Waals surface area contributed by atoms with Crippen LogP contribution in [0.15, 0.2) is 71.9 Å². The number of hydrogen-bond donors (Lipinski definition) is 5. The molecule has 2 aromatic carbocycles. The summed E-state index contributed by atoms with van der Waals surface area (Å²) in [6.45, 7) is 2.82. The number of pyridine rings is 1. The molecule has 5 rings (SSSR count). The predicted octanol–water partition coefficient (Wildman–Crippen LogP) is 2.24. The van der Waals surface area contributed by atoms with Gasteiger partial charge in [0.05, 0.1) is 5.69 Å². The molecule has 3 atom stereocenters. The third-order valence-corrected chi connectivity index (χ3v) is 8.57. The van der Waals surface area contributed by atoms with Gasteiger partial charge in [0, 0.05) is 23.8 Å². The summed E-state index contributed by atoms with van der Waals surface area (Å²) in [6, 6.07) is 13.3. The highest BCUT2D eigenvalue weighted by atomic mass is 32.2. The number of carboxylic acid groups (broad SMARTS) is 1. The number of aryl methyl sites for hydroxylation is 1. The summed E-state index contributed by atoms with van der Waals surface area (Å²) in [5.41, 5.74) is 2.19. The number of phenols is 1. The number of nitrogens with zero attached hydrogens (tertiary/aromatic N) is 2. The van der Waals surface area contributed by atoms with Gasteiger partial charge in [0.25, 0.3) is 11.8 Å². The van der Waals surface area contributed by atoms with E-state index >= 15 is 0 Å². The number of β-lactam (4-membered cyclic amide) rings is 1. The summed E-state index contributed by atoms with van der Waals surface area (Å²) in [5, 5.41) is 34.6. The number of hydrogen-bond acceptors (Lipinski definition) is 10. The van der Waals surface area contributed by atoms with E-state index in [9.17, 15) is 39.3 Å². The molecule has 1 aromatic heterocycles. The molecule has 1 saturated heterocycles. The highest BCUT2D eigenvalue weighted by Gasteiger charge is 2.54. The number of carbonyl (C=O) groups excluding carboxylic acids is 4. The average Bonchev–Trinajstić information content (AvgIpc) is 3.01. The zero-order chi connectivity index (χ0) is 32.4. The van der Waals surface area contributed by atoms with Crippen LogP contribution in [0.1, 0.15) is 34.5 Å². The van der Waals surface area contributed by atoms with Gasteiger partial charge in [-0.3, -0.25) is 24.1 Å². The average molecular weight is 633 g/mol. The van der Waals surface area contributed by atoms with Gasteiger partial charge in [0.1, 0.15) is 41.1 Å². The number of carboxylic acids is 1. The molecule has 0 bridgehead atoms. The first-order valence-electron chi connectivity index (χ1n) is 13.6. The van der Waals surface area contributed by atoms with Crippen LogP contribution in [0, 0.1) is 6.92 Å². The van der Waals surface area contributed by atoms with Gasteiger partial charge in [0.2, 0.25) is 11.8 Å². The van der Waals surface area contributed by atoms with Gasteiger partial charge in [0.15, 0.2) is 0 Å². The number of benzene rings is 2. The largest absolute Gasteiger partial charge is 0.508 e.